The zero-order chi connectivity index (χ0) is 46.9. The molecular formula is C53H105NO10. The highest BCUT2D eigenvalue weighted by Crippen LogP contribution is 2.23. The normalized spacial score (nSPS) is 20.9. The van der Waals surface area contributed by atoms with E-state index in [4.69, 9.17) is 9.47 Å². The van der Waals surface area contributed by atoms with Gasteiger partial charge in [-0.05, 0) is 12.8 Å². The molecule has 11 heteroatoms. The highest BCUT2D eigenvalue weighted by atomic mass is 16.7. The Balaban J connectivity index is 2.34. The van der Waals surface area contributed by atoms with Gasteiger partial charge < -0.3 is 50.5 Å². The van der Waals surface area contributed by atoms with Gasteiger partial charge in [0.25, 0.3) is 0 Å². The summed E-state index contributed by atoms with van der Waals surface area (Å²) in [5, 5.41) is 76.0. The number of ether oxygens (including phenoxy) is 2. The van der Waals surface area contributed by atoms with Crippen molar-refractivity contribution in [3.05, 3.63) is 0 Å². The number of carbonyl (C=O) groups excluding carboxylic acids is 1. The SMILES string of the molecule is CCCCCCCCCCCCCCCCCCCCCCC(O)C(=O)NC(COC1OC(CO)C(O)C(O)C1O)C(O)C(O)CCCCCCCCCCCCCCCCCCC. The van der Waals surface area contributed by atoms with Gasteiger partial charge in [-0.1, -0.05) is 251 Å². The number of hydrogen-bond donors (Lipinski definition) is 8. The fourth-order valence-corrected chi connectivity index (χ4v) is 9.15. The Morgan fingerprint density at radius 1 is 0.484 bits per heavy atom. The molecule has 8 N–H and O–H groups in total. The van der Waals surface area contributed by atoms with Gasteiger partial charge in [-0.25, -0.2) is 0 Å². The average molecular weight is 916 g/mol. The molecule has 0 saturated carbocycles. The fraction of sp³-hybridized carbons (Fsp3) is 0.981. The third-order valence-corrected chi connectivity index (χ3v) is 13.7. The van der Waals surface area contributed by atoms with E-state index in [0.29, 0.717) is 19.3 Å². The van der Waals surface area contributed by atoms with Gasteiger partial charge in [0.05, 0.1) is 25.4 Å². The molecule has 1 aliphatic heterocycles. The Labute approximate surface area is 392 Å². The molecule has 1 rings (SSSR count). The third kappa shape index (κ3) is 32.0. The first-order chi connectivity index (χ1) is 31.2. The molecule has 0 aromatic rings. The van der Waals surface area contributed by atoms with Crippen LogP contribution in [-0.2, 0) is 14.3 Å². The maximum atomic E-state index is 13.2. The van der Waals surface area contributed by atoms with Crippen LogP contribution in [0.25, 0.3) is 0 Å². The van der Waals surface area contributed by atoms with Gasteiger partial charge in [-0.15, -0.1) is 0 Å². The largest absolute Gasteiger partial charge is 0.394 e. The number of hydrogen-bond acceptors (Lipinski definition) is 10. The van der Waals surface area contributed by atoms with Crippen molar-refractivity contribution in [3.63, 3.8) is 0 Å². The molecule has 9 unspecified atom stereocenters. The molecule has 1 saturated heterocycles. The lowest BCUT2D eigenvalue weighted by atomic mass is 9.98. The van der Waals surface area contributed by atoms with E-state index in [0.717, 1.165) is 38.5 Å². The molecule has 0 spiro atoms. The number of rotatable bonds is 47. The van der Waals surface area contributed by atoms with Crippen molar-refractivity contribution in [2.45, 2.75) is 319 Å². The van der Waals surface area contributed by atoms with Gasteiger partial charge in [0.15, 0.2) is 6.29 Å². The van der Waals surface area contributed by atoms with Crippen molar-refractivity contribution in [1.29, 1.82) is 0 Å². The molecule has 1 heterocycles. The van der Waals surface area contributed by atoms with Crippen molar-refractivity contribution in [1.82, 2.24) is 5.32 Å². The quantitative estimate of drug-likeness (QED) is 0.0273. The van der Waals surface area contributed by atoms with Crippen LogP contribution in [0.15, 0.2) is 0 Å². The number of aliphatic hydroxyl groups excluding tert-OH is 7. The van der Waals surface area contributed by atoms with E-state index in [2.05, 4.69) is 19.2 Å². The minimum absolute atomic E-state index is 0.267. The standard InChI is InChI=1S/C53H105NO10/c1-3-5-7-9-11-13-15-17-19-21-22-23-25-27-29-31-33-35-37-39-41-46(57)52(62)54-44(43-63-53-51(61)50(60)49(59)47(42-55)64-53)48(58)45(56)40-38-36-34-32-30-28-26-24-20-18-16-14-12-10-8-6-4-2/h44-51,53,55-61H,3-43H2,1-2H3,(H,54,62). The summed E-state index contributed by atoms with van der Waals surface area (Å²) in [6.45, 7) is 3.49. The lowest BCUT2D eigenvalue weighted by Gasteiger charge is -2.40. The Morgan fingerprint density at radius 2 is 0.812 bits per heavy atom. The maximum Gasteiger partial charge on any atom is 0.249 e. The van der Waals surface area contributed by atoms with Crippen LogP contribution in [0.5, 0.6) is 0 Å². The van der Waals surface area contributed by atoms with Crippen LogP contribution in [0.3, 0.4) is 0 Å². The van der Waals surface area contributed by atoms with Crippen molar-refractivity contribution < 1.29 is 50.0 Å². The van der Waals surface area contributed by atoms with Crippen LogP contribution < -0.4 is 5.32 Å². The van der Waals surface area contributed by atoms with Crippen molar-refractivity contribution >= 4 is 5.91 Å². The van der Waals surface area contributed by atoms with Gasteiger partial charge >= 0.3 is 0 Å². The lowest BCUT2D eigenvalue weighted by molar-refractivity contribution is -0.303. The minimum Gasteiger partial charge on any atom is -0.394 e. The van der Waals surface area contributed by atoms with E-state index >= 15 is 0 Å². The zero-order valence-corrected chi connectivity index (χ0v) is 41.5. The van der Waals surface area contributed by atoms with E-state index < -0.39 is 74.2 Å². The Kier molecular flexibility index (Phi) is 41.4. The zero-order valence-electron chi connectivity index (χ0n) is 41.5. The van der Waals surface area contributed by atoms with Gasteiger partial charge in [0, 0.05) is 0 Å². The summed E-state index contributed by atoms with van der Waals surface area (Å²) in [6, 6.07) is -1.16. The molecule has 64 heavy (non-hydrogen) atoms. The summed E-state index contributed by atoms with van der Waals surface area (Å²) in [4.78, 5) is 13.2. The molecule has 0 aromatic heterocycles. The van der Waals surface area contributed by atoms with Crippen molar-refractivity contribution in [2.24, 2.45) is 0 Å². The Hall–Kier alpha value is -0.890. The molecule has 0 aromatic carbocycles. The van der Waals surface area contributed by atoms with Crippen LogP contribution >= 0.6 is 0 Å². The van der Waals surface area contributed by atoms with Gasteiger partial charge in [-0.2, -0.15) is 0 Å². The highest BCUT2D eigenvalue weighted by molar-refractivity contribution is 5.80. The second-order valence-electron chi connectivity index (χ2n) is 19.7. The van der Waals surface area contributed by atoms with Crippen LogP contribution in [0.1, 0.15) is 264 Å². The lowest BCUT2D eigenvalue weighted by Crippen LogP contribution is -2.60. The van der Waals surface area contributed by atoms with Crippen LogP contribution in [0.4, 0.5) is 0 Å². The molecule has 11 nitrogen and oxygen atoms in total. The molecule has 9 atom stereocenters. The predicted molar refractivity (Wildman–Crippen MR) is 261 cm³/mol. The number of unbranched alkanes of at least 4 members (excludes halogenated alkanes) is 35. The second kappa shape index (κ2) is 43.4. The molecule has 0 radical (unpaired) electrons. The third-order valence-electron chi connectivity index (χ3n) is 13.7. The Bertz CT molecular complexity index is 1010. The Morgan fingerprint density at radius 3 is 1.16 bits per heavy atom. The van der Waals surface area contributed by atoms with E-state index in [1.165, 1.54) is 186 Å². The van der Waals surface area contributed by atoms with Crippen LogP contribution in [0.2, 0.25) is 0 Å². The summed E-state index contributed by atoms with van der Waals surface area (Å²) in [7, 11) is 0. The first-order valence-electron chi connectivity index (χ1n) is 27.4. The maximum absolute atomic E-state index is 13.2. The number of nitrogens with one attached hydrogen (secondary N) is 1. The van der Waals surface area contributed by atoms with Crippen LogP contribution in [0, 0.1) is 0 Å². The molecule has 0 bridgehead atoms. The molecular weight excluding hydrogens is 811 g/mol. The molecule has 1 amide bonds. The van der Waals surface area contributed by atoms with Crippen LogP contribution in [-0.4, -0.2) is 110 Å². The van der Waals surface area contributed by atoms with E-state index in [1.54, 1.807) is 0 Å². The molecule has 1 aliphatic rings. The van der Waals surface area contributed by atoms with Crippen molar-refractivity contribution in [2.75, 3.05) is 13.2 Å². The van der Waals surface area contributed by atoms with E-state index in [-0.39, 0.29) is 6.42 Å². The van der Waals surface area contributed by atoms with Gasteiger partial charge in [-0.3, -0.25) is 4.79 Å². The first-order valence-corrected chi connectivity index (χ1v) is 27.4. The molecule has 0 aliphatic carbocycles. The van der Waals surface area contributed by atoms with E-state index in [1.807, 2.05) is 0 Å². The number of amides is 1. The second-order valence-corrected chi connectivity index (χ2v) is 19.7. The predicted octanol–water partition coefficient (Wildman–Crippen LogP) is 10.6. The van der Waals surface area contributed by atoms with Gasteiger partial charge in [0.1, 0.15) is 36.6 Å². The highest BCUT2D eigenvalue weighted by Gasteiger charge is 2.44. The summed E-state index contributed by atoms with van der Waals surface area (Å²) in [5.74, 6) is -0.690. The van der Waals surface area contributed by atoms with Gasteiger partial charge in [0.2, 0.25) is 5.91 Å². The summed E-state index contributed by atoms with van der Waals surface area (Å²) in [5.41, 5.74) is 0. The summed E-state index contributed by atoms with van der Waals surface area (Å²) >= 11 is 0. The first kappa shape index (κ1) is 61.1. The monoisotopic (exact) mass is 916 g/mol. The summed E-state index contributed by atoms with van der Waals surface area (Å²) < 4.78 is 11.1. The number of aliphatic hydroxyl groups is 7. The minimum atomic E-state index is -1.66. The smallest absolute Gasteiger partial charge is 0.249 e. The molecule has 382 valence electrons. The fourth-order valence-electron chi connectivity index (χ4n) is 9.15. The molecule has 1 fully saturated rings. The van der Waals surface area contributed by atoms with E-state index in [9.17, 15) is 40.5 Å². The van der Waals surface area contributed by atoms with Crippen molar-refractivity contribution in [3.8, 4) is 0 Å². The average Bonchev–Trinajstić information content (AvgIpc) is 3.29. The summed E-state index contributed by atoms with van der Waals surface area (Å²) in [6.07, 6.45) is 35.7. The topological polar surface area (TPSA) is 189 Å². The number of carbonyl (C=O) groups is 1.